The maximum absolute atomic E-state index is 11.8. The van der Waals surface area contributed by atoms with Crippen molar-refractivity contribution in [2.75, 3.05) is 0 Å². The SMILES string of the molecule is CC(C)(C)c1cc(-n2c(-c3ccccc3O)nc3c(-c4[c-]c(-c5cc(-c6ccc7c(c6)c6ccccc6n7-c6cc(C(C)(C)C)cc(C(C)(C)C)c6)ccn5)cc(-n5c6ccccc6c6ccccc65)c4)cc(C(C)(C)C)cc32)cc(C(C)(C)C)c1.[Pt]. The molecule has 13 rings (SSSR count). The maximum atomic E-state index is 11.8. The van der Waals surface area contributed by atoms with Crippen molar-refractivity contribution >= 4 is 54.6 Å². The van der Waals surface area contributed by atoms with Crippen LogP contribution in [-0.2, 0) is 48.1 Å². The van der Waals surface area contributed by atoms with Gasteiger partial charge in [0.15, 0.2) is 0 Å². The first-order valence-corrected chi connectivity index (χ1v) is 30.4. The molecule has 440 valence electrons. The number of pyridine rings is 1. The van der Waals surface area contributed by atoms with E-state index in [-0.39, 0.29) is 53.9 Å². The van der Waals surface area contributed by atoms with Crippen molar-refractivity contribution in [3.8, 4) is 67.7 Å². The quantitative estimate of drug-likeness (QED) is 0.162. The second-order valence-corrected chi connectivity index (χ2v) is 29.0. The van der Waals surface area contributed by atoms with Crippen molar-refractivity contribution in [1.29, 1.82) is 0 Å². The molecule has 0 aliphatic carbocycles. The summed E-state index contributed by atoms with van der Waals surface area (Å²) in [6.45, 7) is 34.4. The minimum atomic E-state index is -0.265. The zero-order valence-electron chi connectivity index (χ0n) is 53.0. The zero-order chi connectivity index (χ0) is 60.6. The third-order valence-corrected chi connectivity index (χ3v) is 17.6. The van der Waals surface area contributed by atoms with Crippen LogP contribution in [0.3, 0.4) is 0 Å². The van der Waals surface area contributed by atoms with Gasteiger partial charge in [-0.3, -0.25) is 9.55 Å². The van der Waals surface area contributed by atoms with Gasteiger partial charge in [-0.25, -0.2) is 4.98 Å². The van der Waals surface area contributed by atoms with E-state index in [4.69, 9.17) is 9.97 Å². The van der Waals surface area contributed by atoms with Crippen molar-refractivity contribution in [1.82, 2.24) is 23.7 Å². The van der Waals surface area contributed by atoms with E-state index in [9.17, 15) is 5.11 Å². The van der Waals surface area contributed by atoms with Gasteiger partial charge in [-0.1, -0.05) is 212 Å². The number of rotatable bonds is 7. The fourth-order valence-corrected chi connectivity index (χ4v) is 12.5. The monoisotopic (exact) mass is 1320 g/mol. The molecule has 0 aliphatic heterocycles. The summed E-state index contributed by atoms with van der Waals surface area (Å²) in [6.07, 6.45) is 1.95. The minimum Gasteiger partial charge on any atom is -0.507 e. The van der Waals surface area contributed by atoms with E-state index < -0.39 is 0 Å². The van der Waals surface area contributed by atoms with E-state index in [0.717, 1.165) is 72.5 Å². The molecule has 87 heavy (non-hydrogen) atoms. The van der Waals surface area contributed by atoms with Gasteiger partial charge < -0.3 is 14.2 Å². The number of benzene rings is 9. The van der Waals surface area contributed by atoms with Crippen molar-refractivity contribution in [3.05, 3.63) is 228 Å². The second kappa shape index (κ2) is 21.2. The standard InChI is InChI=1S/C80H78N5O.Pt/c1-76(2,3)53-41-54(77(4,5)6)44-59(43-53)84-70-30-22-18-26-63(70)66-39-49(32-33-71(66)84)50-34-35-81-67(40-50)52-36-51(37-58(38-52)83-68-28-20-16-24-61(68)62-25-17-21-29-69(62)83)65-47-57(80(13,14)15)48-72-74(65)82-75(64-27-19-23-31-73(64)86)85(72)60-45-55(78(7,8)9)42-56(46-60)79(10,11)12;/h16-35,37-48,86H,1-15H3;/q-1;. The second-order valence-electron chi connectivity index (χ2n) is 29.0. The third-order valence-electron chi connectivity index (χ3n) is 17.6. The number of aromatic hydroxyl groups is 1. The van der Waals surface area contributed by atoms with Crippen LogP contribution in [0.5, 0.6) is 5.75 Å². The van der Waals surface area contributed by atoms with E-state index in [1.807, 2.05) is 24.4 Å². The van der Waals surface area contributed by atoms with Crippen LogP contribution in [-0.4, -0.2) is 28.8 Å². The molecule has 0 aliphatic rings. The van der Waals surface area contributed by atoms with Crippen LogP contribution in [0.2, 0.25) is 0 Å². The Labute approximate surface area is 527 Å². The Kier molecular flexibility index (Phi) is 14.4. The summed E-state index contributed by atoms with van der Waals surface area (Å²) < 4.78 is 7.14. The Morgan fingerprint density at radius 2 is 0.782 bits per heavy atom. The van der Waals surface area contributed by atoms with Gasteiger partial charge in [0.05, 0.1) is 38.7 Å². The zero-order valence-corrected chi connectivity index (χ0v) is 55.2. The Morgan fingerprint density at radius 3 is 1.30 bits per heavy atom. The molecule has 4 heterocycles. The minimum absolute atomic E-state index is 0. The topological polar surface area (TPSA) is 60.8 Å². The molecular formula is C80H78N5OPt-. The summed E-state index contributed by atoms with van der Waals surface area (Å²) in [5, 5.41) is 16.6. The molecule has 9 aromatic carbocycles. The van der Waals surface area contributed by atoms with Gasteiger partial charge in [0.25, 0.3) is 0 Å². The average Bonchev–Trinajstić information content (AvgIpc) is 2.02. The summed E-state index contributed by atoms with van der Waals surface area (Å²) in [5.74, 6) is 0.834. The third kappa shape index (κ3) is 10.6. The molecule has 0 saturated carbocycles. The predicted octanol–water partition coefficient (Wildman–Crippen LogP) is 21.3. The normalized spacial score (nSPS) is 12.7. The molecule has 0 spiro atoms. The molecular weight excluding hydrogens is 1240 g/mol. The van der Waals surface area contributed by atoms with Gasteiger partial charge in [-0.2, -0.15) is 0 Å². The number of para-hydroxylation sites is 4. The predicted molar refractivity (Wildman–Crippen MR) is 363 cm³/mol. The van der Waals surface area contributed by atoms with Crippen molar-refractivity contribution in [3.63, 3.8) is 0 Å². The van der Waals surface area contributed by atoms with E-state index >= 15 is 0 Å². The van der Waals surface area contributed by atoms with E-state index in [2.05, 4.69) is 287 Å². The fourth-order valence-electron chi connectivity index (χ4n) is 12.5. The van der Waals surface area contributed by atoms with Gasteiger partial charge in [-0.05, 0) is 151 Å². The van der Waals surface area contributed by atoms with Crippen LogP contribution < -0.4 is 0 Å². The summed E-state index contributed by atoms with van der Waals surface area (Å²) in [4.78, 5) is 10.9. The summed E-state index contributed by atoms with van der Waals surface area (Å²) >= 11 is 0. The number of nitrogens with zero attached hydrogens (tertiary/aromatic N) is 5. The van der Waals surface area contributed by atoms with E-state index in [0.29, 0.717) is 11.4 Å². The van der Waals surface area contributed by atoms with E-state index in [1.165, 1.54) is 60.5 Å². The summed E-state index contributed by atoms with van der Waals surface area (Å²) in [6, 6.07) is 72.5. The largest absolute Gasteiger partial charge is 0.507 e. The van der Waals surface area contributed by atoms with Gasteiger partial charge in [0.1, 0.15) is 11.6 Å². The molecule has 1 N–H and O–H groups in total. The van der Waals surface area contributed by atoms with Crippen LogP contribution in [0.15, 0.2) is 194 Å². The number of phenolic OH excluding ortho intramolecular Hbond substituents is 1. The van der Waals surface area contributed by atoms with Crippen LogP contribution in [0.4, 0.5) is 0 Å². The molecule has 0 saturated heterocycles. The number of hydrogen-bond acceptors (Lipinski definition) is 3. The molecule has 0 bridgehead atoms. The number of hydrogen-bond donors (Lipinski definition) is 1. The van der Waals surface area contributed by atoms with Gasteiger partial charge >= 0.3 is 0 Å². The summed E-state index contributed by atoms with van der Waals surface area (Å²) in [7, 11) is 0. The maximum Gasteiger partial charge on any atom is 0.148 e. The van der Waals surface area contributed by atoms with Crippen LogP contribution in [0.25, 0.3) is 117 Å². The number of aromatic nitrogens is 5. The molecule has 0 amide bonds. The van der Waals surface area contributed by atoms with Crippen molar-refractivity contribution in [2.24, 2.45) is 0 Å². The van der Waals surface area contributed by atoms with Gasteiger partial charge in [0.2, 0.25) is 0 Å². The molecule has 0 fully saturated rings. The number of phenols is 1. The Bertz CT molecular complexity index is 4740. The first-order chi connectivity index (χ1) is 40.7. The Hall–Kier alpha value is -8.31. The fraction of sp³-hybridized carbons (Fsp3) is 0.250. The molecule has 0 unspecified atom stereocenters. The van der Waals surface area contributed by atoms with E-state index in [1.54, 1.807) is 6.07 Å². The average molecular weight is 1320 g/mol. The van der Waals surface area contributed by atoms with Crippen molar-refractivity contribution in [2.45, 2.75) is 131 Å². The number of fused-ring (bicyclic) bond motifs is 7. The van der Waals surface area contributed by atoms with Crippen LogP contribution in [0, 0.1) is 6.07 Å². The molecule has 6 nitrogen and oxygen atoms in total. The van der Waals surface area contributed by atoms with Gasteiger partial charge in [-0.15, -0.1) is 23.8 Å². The Balaban J connectivity index is 0.00000739. The Morgan fingerprint density at radius 1 is 0.356 bits per heavy atom. The molecule has 13 aromatic rings. The molecule has 0 radical (unpaired) electrons. The first-order valence-electron chi connectivity index (χ1n) is 30.4. The van der Waals surface area contributed by atoms with Crippen LogP contribution >= 0.6 is 0 Å². The smallest absolute Gasteiger partial charge is 0.148 e. The van der Waals surface area contributed by atoms with Gasteiger partial charge in [0, 0.05) is 65.9 Å². The first kappa shape index (κ1) is 59.0. The molecule has 7 heteroatoms. The molecule has 4 aromatic heterocycles. The summed E-state index contributed by atoms with van der Waals surface area (Å²) in [5.41, 5.74) is 21.4. The number of imidazole rings is 1. The molecule has 0 atom stereocenters. The van der Waals surface area contributed by atoms with Crippen molar-refractivity contribution < 1.29 is 26.2 Å². The van der Waals surface area contributed by atoms with Crippen LogP contribution in [0.1, 0.15) is 132 Å².